The number of carbonyl (C=O) groups is 3. The minimum Gasteiger partial charge on any atom is -0.503 e. The van der Waals surface area contributed by atoms with Gasteiger partial charge in [0, 0.05) is 18.8 Å². The SMILES string of the molecule is O=C(CCc1ccccc1)C1=C(O)C(=O)N(c2nc3ccc(C(=O)O)cc3s2)C1c1cccnc1. The van der Waals surface area contributed by atoms with Crippen LogP contribution in [0, 0.1) is 0 Å². The number of hydrogen-bond donors (Lipinski definition) is 2. The van der Waals surface area contributed by atoms with Crippen molar-refractivity contribution in [3.8, 4) is 0 Å². The fourth-order valence-electron chi connectivity index (χ4n) is 4.13. The predicted molar refractivity (Wildman–Crippen MR) is 130 cm³/mol. The van der Waals surface area contributed by atoms with Gasteiger partial charge in [-0.3, -0.25) is 19.5 Å². The van der Waals surface area contributed by atoms with E-state index >= 15 is 0 Å². The van der Waals surface area contributed by atoms with E-state index in [-0.39, 0.29) is 28.5 Å². The van der Waals surface area contributed by atoms with Gasteiger partial charge >= 0.3 is 5.97 Å². The van der Waals surface area contributed by atoms with Gasteiger partial charge < -0.3 is 10.2 Å². The molecular weight excluding hydrogens is 466 g/mol. The molecule has 174 valence electrons. The Kier molecular flexibility index (Phi) is 5.84. The Bertz CT molecular complexity index is 1480. The van der Waals surface area contributed by atoms with E-state index in [1.807, 2.05) is 30.3 Å². The summed E-state index contributed by atoms with van der Waals surface area (Å²) in [5.41, 5.74) is 2.14. The lowest BCUT2D eigenvalue weighted by molar-refractivity contribution is -0.118. The third kappa shape index (κ3) is 4.17. The van der Waals surface area contributed by atoms with E-state index in [4.69, 9.17) is 0 Å². The Morgan fingerprint density at radius 1 is 1.06 bits per heavy atom. The molecule has 1 aliphatic heterocycles. The first-order valence-corrected chi connectivity index (χ1v) is 11.6. The number of aromatic carboxylic acids is 1. The number of rotatable bonds is 7. The van der Waals surface area contributed by atoms with Crippen molar-refractivity contribution in [3.63, 3.8) is 0 Å². The molecule has 2 aromatic carbocycles. The molecule has 9 heteroatoms. The van der Waals surface area contributed by atoms with Gasteiger partial charge in [0.1, 0.15) is 0 Å². The second-order valence-corrected chi connectivity index (χ2v) is 9.03. The van der Waals surface area contributed by atoms with Crippen LogP contribution in [0.1, 0.15) is 33.9 Å². The normalized spacial score (nSPS) is 15.7. The van der Waals surface area contributed by atoms with Crippen molar-refractivity contribution in [1.82, 2.24) is 9.97 Å². The zero-order valence-electron chi connectivity index (χ0n) is 18.3. The predicted octanol–water partition coefficient (Wildman–Crippen LogP) is 4.49. The molecule has 0 saturated heterocycles. The van der Waals surface area contributed by atoms with Crippen molar-refractivity contribution in [3.05, 3.63) is 101 Å². The summed E-state index contributed by atoms with van der Waals surface area (Å²) >= 11 is 1.12. The van der Waals surface area contributed by atoms with Crippen LogP contribution in [-0.2, 0) is 16.0 Å². The highest BCUT2D eigenvalue weighted by molar-refractivity contribution is 7.22. The molecule has 0 saturated carbocycles. The van der Waals surface area contributed by atoms with E-state index in [1.54, 1.807) is 30.6 Å². The first kappa shape index (κ1) is 22.4. The van der Waals surface area contributed by atoms with Crippen LogP contribution in [0.3, 0.4) is 0 Å². The molecule has 1 atom stereocenters. The number of aromatic nitrogens is 2. The Labute approximate surface area is 203 Å². The molecule has 0 radical (unpaired) electrons. The summed E-state index contributed by atoms with van der Waals surface area (Å²) in [5, 5.41) is 20.4. The number of carboxylic acid groups (broad SMARTS) is 1. The van der Waals surface area contributed by atoms with Gasteiger partial charge in [-0.25, -0.2) is 9.78 Å². The van der Waals surface area contributed by atoms with Gasteiger partial charge in [0.25, 0.3) is 5.91 Å². The number of benzene rings is 2. The minimum absolute atomic E-state index is 0.00409. The van der Waals surface area contributed by atoms with Gasteiger partial charge in [-0.05, 0) is 41.8 Å². The van der Waals surface area contributed by atoms with Crippen LogP contribution in [-0.4, -0.2) is 37.8 Å². The quantitative estimate of drug-likeness (QED) is 0.396. The highest BCUT2D eigenvalue weighted by atomic mass is 32.1. The summed E-state index contributed by atoms with van der Waals surface area (Å²) in [6.07, 6.45) is 3.70. The van der Waals surface area contributed by atoms with E-state index in [0.29, 0.717) is 22.2 Å². The molecule has 0 aliphatic carbocycles. The Balaban J connectivity index is 1.54. The first-order valence-electron chi connectivity index (χ1n) is 10.8. The second kappa shape index (κ2) is 9.11. The third-order valence-corrected chi connectivity index (χ3v) is 6.84. The first-order chi connectivity index (χ1) is 16.9. The minimum atomic E-state index is -1.07. The maximum atomic E-state index is 13.3. The molecule has 0 fully saturated rings. The maximum Gasteiger partial charge on any atom is 0.335 e. The zero-order valence-corrected chi connectivity index (χ0v) is 19.1. The summed E-state index contributed by atoms with van der Waals surface area (Å²) in [7, 11) is 0. The van der Waals surface area contributed by atoms with Crippen LogP contribution in [0.25, 0.3) is 10.2 Å². The lowest BCUT2D eigenvalue weighted by Crippen LogP contribution is -2.31. The van der Waals surface area contributed by atoms with Crippen LogP contribution in [0.5, 0.6) is 0 Å². The number of Topliss-reactive ketones (excluding diaryl/α,β-unsaturated/α-hetero) is 1. The molecule has 0 spiro atoms. The standard InChI is InChI=1S/C26H19N3O5S/c30-19(11-8-15-5-2-1-3-6-15)21-22(17-7-4-12-27-14-17)29(24(32)23(21)31)26-28-18-10-9-16(25(33)34)13-20(18)35-26/h1-7,9-10,12-14,22,31H,8,11H2,(H,33,34). The summed E-state index contributed by atoms with van der Waals surface area (Å²) in [6.45, 7) is 0. The van der Waals surface area contributed by atoms with Gasteiger partial charge in [0.15, 0.2) is 16.7 Å². The van der Waals surface area contributed by atoms with E-state index in [1.165, 1.54) is 17.0 Å². The topological polar surface area (TPSA) is 121 Å². The van der Waals surface area contributed by atoms with Crippen molar-refractivity contribution < 1.29 is 24.6 Å². The molecule has 3 heterocycles. The molecule has 8 nitrogen and oxygen atoms in total. The second-order valence-electron chi connectivity index (χ2n) is 8.02. The molecule has 2 N–H and O–H groups in total. The number of carbonyl (C=O) groups excluding carboxylic acids is 2. The number of aliphatic hydroxyl groups is 1. The van der Waals surface area contributed by atoms with E-state index in [0.717, 1.165) is 16.9 Å². The maximum absolute atomic E-state index is 13.3. The van der Waals surface area contributed by atoms with Crippen LogP contribution < -0.4 is 4.90 Å². The number of aryl methyl sites for hydroxylation is 1. The number of hydrogen-bond acceptors (Lipinski definition) is 7. The molecular formula is C26H19N3O5S. The number of pyridine rings is 1. The summed E-state index contributed by atoms with van der Waals surface area (Å²) in [6, 6.07) is 16.5. The largest absolute Gasteiger partial charge is 0.503 e. The highest BCUT2D eigenvalue weighted by Gasteiger charge is 2.45. The fourth-order valence-corrected chi connectivity index (χ4v) is 5.16. The van der Waals surface area contributed by atoms with E-state index < -0.39 is 23.7 Å². The van der Waals surface area contributed by atoms with Gasteiger partial charge in [-0.1, -0.05) is 47.7 Å². The summed E-state index contributed by atoms with van der Waals surface area (Å²) in [5.74, 6) is -2.76. The number of nitrogens with zero attached hydrogens (tertiary/aromatic N) is 3. The summed E-state index contributed by atoms with van der Waals surface area (Å²) < 4.78 is 0.570. The lowest BCUT2D eigenvalue weighted by Gasteiger charge is -2.24. The number of fused-ring (bicyclic) bond motifs is 1. The van der Waals surface area contributed by atoms with E-state index in [9.17, 15) is 24.6 Å². The molecule has 5 rings (SSSR count). The molecule has 0 bridgehead atoms. The van der Waals surface area contributed by atoms with Gasteiger partial charge in [0.05, 0.1) is 27.4 Å². The monoisotopic (exact) mass is 485 g/mol. The van der Waals surface area contributed by atoms with Crippen LogP contribution in [0.2, 0.25) is 0 Å². The van der Waals surface area contributed by atoms with Crippen molar-refractivity contribution in [2.75, 3.05) is 4.90 Å². The average molecular weight is 486 g/mol. The number of amides is 1. The number of anilines is 1. The van der Waals surface area contributed by atoms with Gasteiger partial charge in [-0.15, -0.1) is 0 Å². The van der Waals surface area contributed by atoms with Crippen molar-refractivity contribution in [2.24, 2.45) is 0 Å². The molecule has 2 aromatic heterocycles. The molecule has 4 aromatic rings. The Morgan fingerprint density at radius 3 is 2.57 bits per heavy atom. The van der Waals surface area contributed by atoms with E-state index in [2.05, 4.69) is 9.97 Å². The summed E-state index contributed by atoms with van der Waals surface area (Å²) in [4.78, 5) is 47.9. The lowest BCUT2D eigenvalue weighted by atomic mass is 9.94. The molecule has 1 unspecified atom stereocenters. The molecule has 35 heavy (non-hydrogen) atoms. The van der Waals surface area contributed by atoms with Crippen LogP contribution >= 0.6 is 11.3 Å². The number of carboxylic acids is 1. The average Bonchev–Trinajstić information content (AvgIpc) is 3.41. The Morgan fingerprint density at radius 2 is 1.86 bits per heavy atom. The van der Waals surface area contributed by atoms with Crippen LogP contribution in [0.15, 0.2) is 84.4 Å². The van der Waals surface area contributed by atoms with Crippen LogP contribution in [0.4, 0.5) is 5.13 Å². The number of thiazole rings is 1. The van der Waals surface area contributed by atoms with Crippen molar-refractivity contribution in [2.45, 2.75) is 18.9 Å². The Hall–Kier alpha value is -4.37. The zero-order chi connectivity index (χ0) is 24.5. The smallest absolute Gasteiger partial charge is 0.335 e. The van der Waals surface area contributed by atoms with Gasteiger partial charge in [-0.2, -0.15) is 0 Å². The molecule has 1 aliphatic rings. The number of ketones is 1. The third-order valence-electron chi connectivity index (χ3n) is 5.82. The van der Waals surface area contributed by atoms with Crippen molar-refractivity contribution in [1.29, 1.82) is 0 Å². The van der Waals surface area contributed by atoms with Gasteiger partial charge in [0.2, 0.25) is 0 Å². The highest BCUT2D eigenvalue weighted by Crippen LogP contribution is 2.43. The fraction of sp³-hybridized carbons (Fsp3) is 0.115. The number of aliphatic hydroxyl groups excluding tert-OH is 1. The van der Waals surface area contributed by atoms with Crippen molar-refractivity contribution >= 4 is 44.3 Å². The molecule has 1 amide bonds.